The zero-order valence-corrected chi connectivity index (χ0v) is 12.1. The Bertz CT molecular complexity index is 511. The minimum atomic E-state index is 0.328. The van der Waals surface area contributed by atoms with Gasteiger partial charge < -0.3 is 5.32 Å². The smallest absolute Gasteiger partial charge is 0.175 e. The van der Waals surface area contributed by atoms with Gasteiger partial charge in [-0.1, -0.05) is 34.1 Å². The number of hydrogen-bond donors (Lipinski definition) is 1. The van der Waals surface area contributed by atoms with E-state index in [4.69, 9.17) is 0 Å². The van der Waals surface area contributed by atoms with Crippen LogP contribution in [-0.2, 0) is 13.5 Å². The van der Waals surface area contributed by atoms with E-state index in [0.717, 1.165) is 23.3 Å². The molecule has 0 saturated heterocycles. The molecule has 0 fully saturated rings. The van der Waals surface area contributed by atoms with Crippen LogP contribution >= 0.6 is 15.9 Å². The number of hydrogen-bond acceptors (Lipinski definition) is 4. The topological polar surface area (TPSA) is 55.6 Å². The van der Waals surface area contributed by atoms with E-state index in [-0.39, 0.29) is 0 Å². The Morgan fingerprint density at radius 3 is 2.78 bits per heavy atom. The first kappa shape index (κ1) is 13.2. The first-order valence-corrected chi connectivity index (χ1v) is 6.62. The van der Waals surface area contributed by atoms with Crippen molar-refractivity contribution >= 4 is 15.9 Å². The number of halogens is 1. The summed E-state index contributed by atoms with van der Waals surface area (Å²) in [5.74, 6) is 1.10. The molecule has 1 heterocycles. The first-order valence-electron chi connectivity index (χ1n) is 5.82. The van der Waals surface area contributed by atoms with Gasteiger partial charge in [0, 0.05) is 23.4 Å². The summed E-state index contributed by atoms with van der Waals surface area (Å²) in [6.07, 6.45) is 0.775. The molecule has 2 rings (SSSR count). The van der Waals surface area contributed by atoms with Gasteiger partial charge in [0.2, 0.25) is 0 Å². The normalized spacial score (nSPS) is 12.6. The van der Waals surface area contributed by atoms with Crippen LogP contribution in [0.25, 0.3) is 0 Å². The van der Waals surface area contributed by atoms with Gasteiger partial charge in [-0.2, -0.15) is 4.80 Å². The summed E-state index contributed by atoms with van der Waals surface area (Å²) in [4.78, 5) is 1.49. The fourth-order valence-corrected chi connectivity index (χ4v) is 2.58. The second-order valence-electron chi connectivity index (χ2n) is 4.18. The molecule has 0 bridgehead atoms. The van der Waals surface area contributed by atoms with Gasteiger partial charge in [-0.15, -0.1) is 10.2 Å². The maximum absolute atomic E-state index is 4.24. The standard InChI is InChI=1S/C12H16BrN5/c1-14-8-9(7-12-15-17-18(2)16-12)10-5-3-4-6-11(10)13/h3-6,9,14H,7-8H2,1-2H3. The molecule has 1 unspecified atom stereocenters. The van der Waals surface area contributed by atoms with Crippen molar-refractivity contribution in [1.29, 1.82) is 0 Å². The third-order valence-corrected chi connectivity index (χ3v) is 3.50. The van der Waals surface area contributed by atoms with Gasteiger partial charge in [-0.25, -0.2) is 0 Å². The van der Waals surface area contributed by atoms with Gasteiger partial charge in [-0.05, 0) is 23.9 Å². The van der Waals surface area contributed by atoms with Gasteiger partial charge in [0.1, 0.15) is 0 Å². The minimum Gasteiger partial charge on any atom is -0.319 e. The monoisotopic (exact) mass is 309 g/mol. The van der Waals surface area contributed by atoms with Gasteiger partial charge >= 0.3 is 0 Å². The summed E-state index contributed by atoms with van der Waals surface area (Å²) in [5.41, 5.74) is 1.26. The minimum absolute atomic E-state index is 0.328. The molecule has 2 aromatic rings. The van der Waals surface area contributed by atoms with Crippen molar-refractivity contribution in [2.24, 2.45) is 7.05 Å². The Morgan fingerprint density at radius 1 is 1.39 bits per heavy atom. The Kier molecular flexibility index (Phi) is 4.43. The van der Waals surface area contributed by atoms with Gasteiger partial charge in [-0.3, -0.25) is 0 Å². The number of benzene rings is 1. The highest BCUT2D eigenvalue weighted by Gasteiger charge is 2.16. The van der Waals surface area contributed by atoms with Crippen LogP contribution in [0.3, 0.4) is 0 Å². The lowest BCUT2D eigenvalue weighted by Gasteiger charge is -2.16. The molecular formula is C12H16BrN5. The summed E-state index contributed by atoms with van der Waals surface area (Å²) in [5, 5.41) is 15.4. The Labute approximate surface area is 115 Å². The summed E-state index contributed by atoms with van der Waals surface area (Å²) < 4.78 is 1.12. The van der Waals surface area contributed by atoms with Gasteiger partial charge in [0.05, 0.1) is 7.05 Å². The lowest BCUT2D eigenvalue weighted by atomic mass is 9.95. The van der Waals surface area contributed by atoms with E-state index in [1.807, 2.05) is 19.2 Å². The Balaban J connectivity index is 2.20. The predicted octanol–water partition coefficient (Wildman–Crippen LogP) is 1.52. The fourth-order valence-electron chi connectivity index (χ4n) is 1.97. The van der Waals surface area contributed by atoms with Crippen molar-refractivity contribution < 1.29 is 0 Å². The fraction of sp³-hybridized carbons (Fsp3) is 0.417. The average molecular weight is 310 g/mol. The van der Waals surface area contributed by atoms with Crippen molar-refractivity contribution in [3.05, 3.63) is 40.1 Å². The predicted molar refractivity (Wildman–Crippen MR) is 73.3 cm³/mol. The van der Waals surface area contributed by atoms with Gasteiger partial charge in [0.15, 0.2) is 5.82 Å². The number of nitrogens with one attached hydrogen (secondary N) is 1. The highest BCUT2D eigenvalue weighted by molar-refractivity contribution is 9.10. The summed E-state index contributed by atoms with van der Waals surface area (Å²) in [6.45, 7) is 0.876. The van der Waals surface area contributed by atoms with Crippen LogP contribution in [-0.4, -0.2) is 33.8 Å². The zero-order chi connectivity index (χ0) is 13.0. The Hall–Kier alpha value is -1.27. The molecule has 1 aromatic carbocycles. The summed E-state index contributed by atoms with van der Waals surface area (Å²) in [6, 6.07) is 8.25. The van der Waals surface area contributed by atoms with Crippen molar-refractivity contribution in [2.45, 2.75) is 12.3 Å². The molecule has 1 N–H and O–H groups in total. The molecule has 1 atom stereocenters. The van der Waals surface area contributed by atoms with Crippen LogP contribution in [0.5, 0.6) is 0 Å². The quantitative estimate of drug-likeness (QED) is 0.910. The second-order valence-corrected chi connectivity index (χ2v) is 5.03. The zero-order valence-electron chi connectivity index (χ0n) is 10.5. The van der Waals surface area contributed by atoms with Crippen LogP contribution in [0.15, 0.2) is 28.7 Å². The molecule has 0 radical (unpaired) electrons. The van der Waals surface area contributed by atoms with Crippen LogP contribution in [0.2, 0.25) is 0 Å². The van der Waals surface area contributed by atoms with E-state index in [2.05, 4.69) is 48.8 Å². The third-order valence-electron chi connectivity index (χ3n) is 2.77. The number of aryl methyl sites for hydroxylation is 1. The highest BCUT2D eigenvalue weighted by Crippen LogP contribution is 2.26. The molecule has 5 nitrogen and oxygen atoms in total. The van der Waals surface area contributed by atoms with Crippen LogP contribution in [0, 0.1) is 0 Å². The number of rotatable bonds is 5. The molecule has 0 spiro atoms. The molecule has 6 heteroatoms. The highest BCUT2D eigenvalue weighted by atomic mass is 79.9. The van der Waals surface area contributed by atoms with Crippen LogP contribution in [0.1, 0.15) is 17.3 Å². The summed E-state index contributed by atoms with van der Waals surface area (Å²) in [7, 11) is 3.73. The lowest BCUT2D eigenvalue weighted by Crippen LogP contribution is -2.20. The van der Waals surface area contributed by atoms with E-state index in [9.17, 15) is 0 Å². The Morgan fingerprint density at radius 2 is 2.17 bits per heavy atom. The molecule has 0 aliphatic heterocycles. The van der Waals surface area contributed by atoms with E-state index in [1.165, 1.54) is 10.4 Å². The number of aromatic nitrogens is 4. The van der Waals surface area contributed by atoms with E-state index in [0.29, 0.717) is 5.92 Å². The molecule has 96 valence electrons. The van der Waals surface area contributed by atoms with Crippen molar-refractivity contribution in [2.75, 3.05) is 13.6 Å². The molecule has 0 saturated carbocycles. The maximum Gasteiger partial charge on any atom is 0.175 e. The van der Waals surface area contributed by atoms with Crippen molar-refractivity contribution in [1.82, 2.24) is 25.5 Å². The third kappa shape index (κ3) is 3.14. The molecule has 0 aliphatic rings. The van der Waals surface area contributed by atoms with Crippen molar-refractivity contribution in [3.8, 4) is 0 Å². The van der Waals surface area contributed by atoms with Gasteiger partial charge in [0.25, 0.3) is 0 Å². The van der Waals surface area contributed by atoms with E-state index in [1.54, 1.807) is 7.05 Å². The lowest BCUT2D eigenvalue weighted by molar-refractivity contribution is 0.597. The molecule has 0 aliphatic carbocycles. The molecule has 18 heavy (non-hydrogen) atoms. The largest absolute Gasteiger partial charge is 0.319 e. The number of nitrogens with zero attached hydrogens (tertiary/aromatic N) is 4. The summed E-state index contributed by atoms with van der Waals surface area (Å²) >= 11 is 3.60. The van der Waals surface area contributed by atoms with E-state index < -0.39 is 0 Å². The number of likely N-dealkylation sites (N-methyl/N-ethyl adjacent to an activating group) is 1. The SMILES string of the molecule is CNCC(Cc1nnn(C)n1)c1ccccc1Br. The van der Waals surface area contributed by atoms with Crippen LogP contribution in [0.4, 0.5) is 0 Å². The maximum atomic E-state index is 4.24. The second kappa shape index (κ2) is 6.06. The molecule has 0 amide bonds. The van der Waals surface area contributed by atoms with Crippen LogP contribution < -0.4 is 5.32 Å². The van der Waals surface area contributed by atoms with E-state index >= 15 is 0 Å². The first-order chi connectivity index (χ1) is 8.70. The molecule has 1 aromatic heterocycles. The average Bonchev–Trinajstić information content (AvgIpc) is 2.75. The van der Waals surface area contributed by atoms with Crippen molar-refractivity contribution in [3.63, 3.8) is 0 Å². The number of tetrazole rings is 1. The molecular weight excluding hydrogens is 294 g/mol.